The molecule has 2 heterocycles. The van der Waals surface area contributed by atoms with Crippen LogP contribution in [0.25, 0.3) is 11.4 Å². The molecule has 80 valence electrons. The van der Waals surface area contributed by atoms with Gasteiger partial charge in [-0.3, -0.25) is 14.8 Å². The molecule has 0 amide bonds. The van der Waals surface area contributed by atoms with Crippen LogP contribution in [0.5, 0.6) is 5.75 Å². The average molecular weight is 214 g/mol. The second-order valence-electron chi connectivity index (χ2n) is 3.16. The van der Waals surface area contributed by atoms with E-state index in [1.165, 1.54) is 6.92 Å². The van der Waals surface area contributed by atoms with Gasteiger partial charge in [0.15, 0.2) is 5.75 Å². The van der Waals surface area contributed by atoms with Gasteiger partial charge in [0.1, 0.15) is 5.69 Å². The van der Waals surface area contributed by atoms with Crippen molar-refractivity contribution in [2.24, 2.45) is 0 Å². The molecule has 0 bridgehead atoms. The Labute approximate surface area is 92.9 Å². The third-order valence-corrected chi connectivity index (χ3v) is 1.93. The summed E-state index contributed by atoms with van der Waals surface area (Å²) in [6, 6.07) is 8.89. The van der Waals surface area contributed by atoms with Gasteiger partial charge in [-0.1, -0.05) is 6.07 Å². The fourth-order valence-electron chi connectivity index (χ4n) is 1.32. The van der Waals surface area contributed by atoms with Crippen molar-refractivity contribution >= 4 is 5.97 Å². The number of aromatic nitrogens is 2. The molecule has 0 aliphatic rings. The molecular weight excluding hydrogens is 204 g/mol. The van der Waals surface area contributed by atoms with Crippen LogP contribution >= 0.6 is 0 Å². The first kappa shape index (κ1) is 10.3. The molecule has 4 heteroatoms. The molecule has 0 aliphatic carbocycles. The smallest absolute Gasteiger partial charge is 0.308 e. The number of carbonyl (C=O) groups is 1. The predicted molar refractivity (Wildman–Crippen MR) is 58.8 cm³/mol. The lowest BCUT2D eigenvalue weighted by Gasteiger charge is -2.06. The zero-order valence-electron chi connectivity index (χ0n) is 8.75. The van der Waals surface area contributed by atoms with Crippen molar-refractivity contribution < 1.29 is 9.53 Å². The van der Waals surface area contributed by atoms with E-state index in [0.717, 1.165) is 0 Å². The Hall–Kier alpha value is -2.23. The molecule has 0 radical (unpaired) electrons. The van der Waals surface area contributed by atoms with Crippen LogP contribution in [0.2, 0.25) is 0 Å². The molecule has 0 saturated carbocycles. The number of hydrogen-bond acceptors (Lipinski definition) is 4. The van der Waals surface area contributed by atoms with Crippen LogP contribution in [0.15, 0.2) is 42.7 Å². The van der Waals surface area contributed by atoms with Gasteiger partial charge in [-0.2, -0.15) is 0 Å². The lowest BCUT2D eigenvalue weighted by Crippen LogP contribution is -2.03. The lowest BCUT2D eigenvalue weighted by atomic mass is 10.2. The molecule has 2 aromatic rings. The third-order valence-electron chi connectivity index (χ3n) is 1.93. The van der Waals surface area contributed by atoms with Crippen LogP contribution in [0.4, 0.5) is 0 Å². The molecule has 0 fully saturated rings. The van der Waals surface area contributed by atoms with Crippen LogP contribution in [0, 0.1) is 0 Å². The number of nitrogens with zero attached hydrogens (tertiary/aromatic N) is 2. The monoisotopic (exact) mass is 214 g/mol. The van der Waals surface area contributed by atoms with Crippen LogP contribution in [0.3, 0.4) is 0 Å². The van der Waals surface area contributed by atoms with Gasteiger partial charge in [0.05, 0.1) is 5.69 Å². The highest BCUT2D eigenvalue weighted by atomic mass is 16.5. The average Bonchev–Trinajstić information content (AvgIpc) is 2.30. The largest absolute Gasteiger partial charge is 0.424 e. The summed E-state index contributed by atoms with van der Waals surface area (Å²) in [5.41, 5.74) is 1.25. The van der Waals surface area contributed by atoms with Crippen molar-refractivity contribution in [1.29, 1.82) is 0 Å². The minimum absolute atomic E-state index is 0.370. The fourth-order valence-corrected chi connectivity index (χ4v) is 1.32. The van der Waals surface area contributed by atoms with Crippen molar-refractivity contribution in [1.82, 2.24) is 9.97 Å². The normalized spacial score (nSPS) is 9.81. The quantitative estimate of drug-likeness (QED) is 0.718. The van der Waals surface area contributed by atoms with Gasteiger partial charge in [-0.15, -0.1) is 0 Å². The SMILES string of the molecule is CC(=O)Oc1cccnc1-c1ccccn1. The van der Waals surface area contributed by atoms with E-state index in [0.29, 0.717) is 17.1 Å². The van der Waals surface area contributed by atoms with Gasteiger partial charge in [-0.25, -0.2) is 0 Å². The van der Waals surface area contributed by atoms with Gasteiger partial charge >= 0.3 is 5.97 Å². The molecule has 0 spiro atoms. The standard InChI is InChI=1S/C12H10N2O2/c1-9(15)16-11-6-4-8-14-12(11)10-5-2-3-7-13-10/h2-8H,1H3. The first-order chi connectivity index (χ1) is 7.77. The van der Waals surface area contributed by atoms with Crippen molar-refractivity contribution in [2.75, 3.05) is 0 Å². The molecule has 0 unspecified atom stereocenters. The van der Waals surface area contributed by atoms with E-state index in [-0.39, 0.29) is 5.97 Å². The molecule has 0 aromatic carbocycles. The Bertz CT molecular complexity index is 497. The Morgan fingerprint density at radius 2 is 1.94 bits per heavy atom. The maximum atomic E-state index is 10.9. The molecule has 4 nitrogen and oxygen atoms in total. The predicted octanol–water partition coefficient (Wildman–Crippen LogP) is 2.07. The highest BCUT2D eigenvalue weighted by Gasteiger charge is 2.09. The van der Waals surface area contributed by atoms with Gasteiger partial charge in [0.2, 0.25) is 0 Å². The van der Waals surface area contributed by atoms with E-state index in [1.54, 1.807) is 24.5 Å². The number of hydrogen-bond donors (Lipinski definition) is 0. The first-order valence-electron chi connectivity index (χ1n) is 4.82. The molecule has 0 saturated heterocycles. The van der Waals surface area contributed by atoms with E-state index < -0.39 is 0 Å². The highest BCUT2D eigenvalue weighted by molar-refractivity contribution is 5.73. The molecule has 0 N–H and O–H groups in total. The van der Waals surface area contributed by atoms with Crippen LogP contribution in [0.1, 0.15) is 6.92 Å². The van der Waals surface area contributed by atoms with Crippen molar-refractivity contribution in [2.45, 2.75) is 6.92 Å². The minimum atomic E-state index is -0.370. The van der Waals surface area contributed by atoms with Gasteiger partial charge in [0, 0.05) is 19.3 Å². The maximum absolute atomic E-state index is 10.9. The van der Waals surface area contributed by atoms with Gasteiger partial charge < -0.3 is 4.74 Å². The summed E-state index contributed by atoms with van der Waals surface area (Å²) in [7, 11) is 0. The van der Waals surface area contributed by atoms with E-state index >= 15 is 0 Å². The van der Waals surface area contributed by atoms with Gasteiger partial charge in [-0.05, 0) is 24.3 Å². The van der Waals surface area contributed by atoms with E-state index in [4.69, 9.17) is 4.74 Å². The van der Waals surface area contributed by atoms with Crippen molar-refractivity contribution in [3.63, 3.8) is 0 Å². The van der Waals surface area contributed by atoms with Crippen LogP contribution < -0.4 is 4.74 Å². The summed E-state index contributed by atoms with van der Waals surface area (Å²) < 4.78 is 5.06. The fraction of sp³-hybridized carbons (Fsp3) is 0.0833. The zero-order chi connectivity index (χ0) is 11.4. The number of esters is 1. The molecule has 2 rings (SSSR count). The third kappa shape index (κ3) is 2.23. The summed E-state index contributed by atoms with van der Waals surface area (Å²) in [4.78, 5) is 19.3. The molecular formula is C12H10N2O2. The number of pyridine rings is 2. The second-order valence-corrected chi connectivity index (χ2v) is 3.16. The number of carbonyl (C=O) groups excluding carboxylic acids is 1. The lowest BCUT2D eigenvalue weighted by molar-refractivity contribution is -0.131. The number of ether oxygens (including phenoxy) is 1. The van der Waals surface area contributed by atoms with Crippen LogP contribution in [-0.2, 0) is 4.79 Å². The summed E-state index contributed by atoms with van der Waals surface area (Å²) in [5.74, 6) is 0.0545. The van der Waals surface area contributed by atoms with Crippen molar-refractivity contribution in [3.8, 4) is 17.1 Å². The Balaban J connectivity index is 2.44. The first-order valence-corrected chi connectivity index (χ1v) is 4.82. The minimum Gasteiger partial charge on any atom is -0.424 e. The Morgan fingerprint density at radius 3 is 2.62 bits per heavy atom. The molecule has 16 heavy (non-hydrogen) atoms. The Kier molecular flexibility index (Phi) is 2.91. The van der Waals surface area contributed by atoms with E-state index in [2.05, 4.69) is 9.97 Å². The summed E-state index contributed by atoms with van der Waals surface area (Å²) in [6.07, 6.45) is 3.30. The second kappa shape index (κ2) is 4.53. The maximum Gasteiger partial charge on any atom is 0.308 e. The van der Waals surface area contributed by atoms with E-state index in [1.807, 2.05) is 18.2 Å². The van der Waals surface area contributed by atoms with Gasteiger partial charge in [0.25, 0.3) is 0 Å². The summed E-state index contributed by atoms with van der Waals surface area (Å²) in [6.45, 7) is 1.36. The highest BCUT2D eigenvalue weighted by Crippen LogP contribution is 2.25. The van der Waals surface area contributed by atoms with Crippen LogP contribution in [-0.4, -0.2) is 15.9 Å². The number of rotatable bonds is 2. The zero-order valence-corrected chi connectivity index (χ0v) is 8.75. The molecule has 2 aromatic heterocycles. The topological polar surface area (TPSA) is 52.1 Å². The molecule has 0 atom stereocenters. The summed E-state index contributed by atoms with van der Waals surface area (Å²) >= 11 is 0. The van der Waals surface area contributed by atoms with Crippen molar-refractivity contribution in [3.05, 3.63) is 42.7 Å². The van der Waals surface area contributed by atoms with E-state index in [9.17, 15) is 4.79 Å². The Morgan fingerprint density at radius 1 is 1.12 bits per heavy atom. The molecule has 0 aliphatic heterocycles. The summed E-state index contributed by atoms with van der Waals surface area (Å²) in [5, 5.41) is 0.